The Labute approximate surface area is 256 Å². The molecule has 3 aromatic rings. The number of aromatic hydroxyl groups is 2. The van der Waals surface area contributed by atoms with Crippen molar-refractivity contribution in [3.63, 3.8) is 0 Å². The number of rotatable bonds is 12. The summed E-state index contributed by atoms with van der Waals surface area (Å²) >= 11 is 0. The summed E-state index contributed by atoms with van der Waals surface area (Å²) < 4.78 is 33.6. The minimum absolute atomic E-state index is 0.0147. The van der Waals surface area contributed by atoms with Gasteiger partial charge in [-0.3, -0.25) is 9.59 Å². The van der Waals surface area contributed by atoms with Gasteiger partial charge in [-0.15, -0.1) is 0 Å². The van der Waals surface area contributed by atoms with Crippen LogP contribution in [0, 0.1) is 6.92 Å². The molecule has 0 bridgehead atoms. The highest BCUT2D eigenvalue weighted by Gasteiger charge is 2.52. The van der Waals surface area contributed by atoms with E-state index in [2.05, 4.69) is 10.6 Å². The van der Waals surface area contributed by atoms with Crippen LogP contribution >= 0.6 is 0 Å². The number of nitrogens with one attached hydrogen (secondary N) is 2. The molecule has 0 unspecified atom stereocenters. The molecule has 236 valence electrons. The zero-order valence-electron chi connectivity index (χ0n) is 25.3. The summed E-state index contributed by atoms with van der Waals surface area (Å²) in [5, 5.41) is 46.5. The van der Waals surface area contributed by atoms with E-state index in [-0.39, 0.29) is 54.4 Å². The second-order valence-electron chi connectivity index (χ2n) is 11.6. The Kier molecular flexibility index (Phi) is 9.40. The van der Waals surface area contributed by atoms with Crippen molar-refractivity contribution in [1.82, 2.24) is 10.6 Å². The number of carboxylic acid groups (broad SMARTS) is 2. The molecule has 0 radical (unpaired) electrons. The summed E-state index contributed by atoms with van der Waals surface area (Å²) in [4.78, 5) is 22.4. The van der Waals surface area contributed by atoms with Gasteiger partial charge in [0.25, 0.3) is 10.1 Å². The zero-order valence-corrected chi connectivity index (χ0v) is 26.1. The number of hydrogen-bond donors (Lipinski definition) is 6. The summed E-state index contributed by atoms with van der Waals surface area (Å²) in [5.41, 5.74) is 1.61. The van der Waals surface area contributed by atoms with Gasteiger partial charge in [0.15, 0.2) is 5.60 Å². The highest BCUT2D eigenvalue weighted by molar-refractivity contribution is 7.87. The van der Waals surface area contributed by atoms with Gasteiger partial charge in [0.2, 0.25) is 0 Å². The highest BCUT2D eigenvalue weighted by atomic mass is 32.2. The molecule has 0 saturated carbocycles. The smallest absolute Gasteiger partial charge is 0.317 e. The summed E-state index contributed by atoms with van der Waals surface area (Å²) in [7, 11) is -4.31. The van der Waals surface area contributed by atoms with Crippen LogP contribution in [0.2, 0.25) is 0 Å². The Bertz CT molecular complexity index is 1720. The SMILES string of the molecule is Cc1c([C@@]2(c3cc(CNCC(=O)O)c(O)c(C(C)C)c3)OS(=O)(=O)c3ccccc32)cc(C(C)C)c(O)c1CNCC(=O)O. The maximum Gasteiger partial charge on any atom is 0.317 e. The second-order valence-corrected chi connectivity index (χ2v) is 13.1. The number of fused-ring (bicyclic) bond motifs is 1. The summed E-state index contributed by atoms with van der Waals surface area (Å²) in [6.07, 6.45) is 0. The molecule has 44 heavy (non-hydrogen) atoms. The van der Waals surface area contributed by atoms with Crippen molar-refractivity contribution >= 4 is 22.1 Å². The predicted octanol–water partition coefficient (Wildman–Crippen LogP) is 4.01. The minimum atomic E-state index is -4.31. The van der Waals surface area contributed by atoms with Gasteiger partial charge in [-0.25, -0.2) is 4.18 Å². The van der Waals surface area contributed by atoms with Crippen molar-refractivity contribution < 1.29 is 42.6 Å². The molecule has 1 atom stereocenters. The molecule has 1 aliphatic rings. The molecular formula is C32H38N2O9S. The third-order valence-electron chi connectivity index (χ3n) is 7.90. The van der Waals surface area contributed by atoms with E-state index in [0.717, 1.165) is 0 Å². The van der Waals surface area contributed by atoms with Gasteiger partial charge in [-0.1, -0.05) is 45.9 Å². The molecular weight excluding hydrogens is 588 g/mol. The number of hydrogen-bond acceptors (Lipinski definition) is 9. The van der Waals surface area contributed by atoms with Crippen molar-refractivity contribution in [3.05, 3.63) is 87.0 Å². The van der Waals surface area contributed by atoms with Gasteiger partial charge in [0.1, 0.15) is 16.4 Å². The fraction of sp³-hybridized carbons (Fsp3) is 0.375. The largest absolute Gasteiger partial charge is 0.507 e. The van der Waals surface area contributed by atoms with Crippen LogP contribution in [0.4, 0.5) is 0 Å². The lowest BCUT2D eigenvalue weighted by Gasteiger charge is -2.34. The van der Waals surface area contributed by atoms with Gasteiger partial charge >= 0.3 is 11.9 Å². The third kappa shape index (κ3) is 6.03. The number of benzene rings is 3. The number of phenols is 2. The summed E-state index contributed by atoms with van der Waals surface area (Å²) in [5.74, 6) is -2.65. The van der Waals surface area contributed by atoms with Crippen molar-refractivity contribution in [2.45, 2.75) is 70.0 Å². The predicted molar refractivity (Wildman–Crippen MR) is 162 cm³/mol. The van der Waals surface area contributed by atoms with Crippen LogP contribution < -0.4 is 10.6 Å². The summed E-state index contributed by atoms with van der Waals surface area (Å²) in [6, 6.07) is 11.4. The average Bonchev–Trinajstić information content (AvgIpc) is 3.18. The fourth-order valence-electron chi connectivity index (χ4n) is 5.74. The molecule has 0 amide bonds. The number of phenolic OH excluding ortho intramolecular Hbond substituents is 2. The van der Waals surface area contributed by atoms with Crippen molar-refractivity contribution in [3.8, 4) is 11.5 Å². The Morgan fingerprint density at radius 1 is 0.841 bits per heavy atom. The monoisotopic (exact) mass is 626 g/mol. The first-order chi connectivity index (χ1) is 20.6. The van der Waals surface area contributed by atoms with E-state index in [9.17, 15) is 33.3 Å². The molecule has 11 nitrogen and oxygen atoms in total. The molecule has 6 N–H and O–H groups in total. The van der Waals surface area contributed by atoms with Crippen LogP contribution in [0.1, 0.15) is 84.0 Å². The molecule has 0 saturated heterocycles. The van der Waals surface area contributed by atoms with Gasteiger partial charge in [0.05, 0.1) is 13.1 Å². The quantitative estimate of drug-likeness (QED) is 0.160. The van der Waals surface area contributed by atoms with E-state index in [0.29, 0.717) is 44.5 Å². The molecule has 4 rings (SSSR count). The lowest BCUT2D eigenvalue weighted by molar-refractivity contribution is -0.137. The molecule has 0 aliphatic carbocycles. The first-order valence-electron chi connectivity index (χ1n) is 14.2. The van der Waals surface area contributed by atoms with Crippen molar-refractivity contribution in [1.29, 1.82) is 0 Å². The maximum atomic E-state index is 13.7. The van der Waals surface area contributed by atoms with Crippen molar-refractivity contribution in [2.75, 3.05) is 13.1 Å². The van der Waals surface area contributed by atoms with E-state index in [4.69, 9.17) is 9.29 Å². The molecule has 0 spiro atoms. The van der Waals surface area contributed by atoms with Crippen molar-refractivity contribution in [2.24, 2.45) is 0 Å². The lowest BCUT2D eigenvalue weighted by Crippen LogP contribution is -2.32. The van der Waals surface area contributed by atoms with E-state index >= 15 is 0 Å². The Balaban J connectivity index is 2.12. The van der Waals surface area contributed by atoms with E-state index in [1.54, 1.807) is 43.3 Å². The number of aliphatic carboxylic acids is 2. The second kappa shape index (κ2) is 12.6. The van der Waals surface area contributed by atoms with Crippen LogP contribution in [-0.2, 0) is 42.6 Å². The van der Waals surface area contributed by atoms with Crippen LogP contribution in [0.25, 0.3) is 0 Å². The lowest BCUT2D eigenvalue weighted by atomic mass is 9.74. The maximum absolute atomic E-state index is 13.7. The van der Waals surface area contributed by atoms with E-state index in [1.165, 1.54) is 6.07 Å². The Morgan fingerprint density at radius 3 is 2.00 bits per heavy atom. The topological polar surface area (TPSA) is 182 Å². The zero-order chi connectivity index (χ0) is 32.6. The molecule has 1 heterocycles. The van der Waals surface area contributed by atoms with Gasteiger partial charge < -0.3 is 31.1 Å². The summed E-state index contributed by atoms with van der Waals surface area (Å²) in [6.45, 7) is 8.45. The van der Waals surface area contributed by atoms with Crippen LogP contribution in [0.3, 0.4) is 0 Å². The molecule has 0 aromatic heterocycles. The van der Waals surface area contributed by atoms with Crippen LogP contribution in [0.15, 0.2) is 47.4 Å². The van der Waals surface area contributed by atoms with E-state index < -0.39 is 27.7 Å². The average molecular weight is 627 g/mol. The van der Waals surface area contributed by atoms with Gasteiger partial charge in [-0.2, -0.15) is 8.42 Å². The molecule has 1 aliphatic heterocycles. The van der Waals surface area contributed by atoms with Gasteiger partial charge in [0, 0.05) is 29.8 Å². The normalized spacial score (nSPS) is 17.2. The number of carbonyl (C=O) groups is 2. The van der Waals surface area contributed by atoms with Crippen LogP contribution in [0.5, 0.6) is 11.5 Å². The minimum Gasteiger partial charge on any atom is -0.507 e. The standard InChI is InChI=1S/C32H38N2O9S/c1-17(2)22-11-21(10-20(30(22)39)13-33-15-28(35)36)32(25-8-6-7-9-27(25)44(41,42)43-32)26-12-23(18(3)4)31(40)24(19(26)5)14-34-16-29(37)38/h6-12,17-18,33-34,39-40H,13-16H2,1-5H3,(H,35,36)(H,37,38)/t32-/m0/s1. The van der Waals surface area contributed by atoms with Gasteiger partial charge in [-0.05, 0) is 70.8 Å². The van der Waals surface area contributed by atoms with Crippen LogP contribution in [-0.4, -0.2) is 53.9 Å². The third-order valence-corrected chi connectivity index (χ3v) is 9.27. The molecule has 0 fully saturated rings. The first-order valence-corrected chi connectivity index (χ1v) is 15.6. The molecule has 12 heteroatoms. The Hall–Kier alpha value is -3.97. The van der Waals surface area contributed by atoms with E-state index in [1.807, 2.05) is 27.7 Å². The Morgan fingerprint density at radius 2 is 1.41 bits per heavy atom. The highest BCUT2D eigenvalue weighted by Crippen LogP contribution is 2.54. The first kappa shape index (κ1) is 32.9. The molecule has 3 aromatic carbocycles. The number of carboxylic acids is 2. The fourth-order valence-corrected chi connectivity index (χ4v) is 7.16.